The molecule has 1 aliphatic rings. The molecule has 1 atom stereocenters. The van der Waals surface area contributed by atoms with Crippen molar-refractivity contribution in [2.45, 2.75) is 38.8 Å². The lowest BCUT2D eigenvalue weighted by Crippen LogP contribution is -2.43. The van der Waals surface area contributed by atoms with E-state index in [1.165, 1.54) is 4.90 Å². The van der Waals surface area contributed by atoms with Gasteiger partial charge in [-0.15, -0.1) is 0 Å². The second-order valence-electron chi connectivity index (χ2n) is 7.00. The van der Waals surface area contributed by atoms with Crippen molar-refractivity contribution in [3.63, 3.8) is 0 Å². The number of ether oxygens (including phenoxy) is 1. The number of nitrogens with zero attached hydrogens (tertiary/aromatic N) is 1. The summed E-state index contributed by atoms with van der Waals surface area (Å²) in [6.45, 7) is 2.33. The quantitative estimate of drug-likeness (QED) is 0.367. The van der Waals surface area contributed by atoms with Gasteiger partial charge in [0.15, 0.2) is 0 Å². The van der Waals surface area contributed by atoms with Gasteiger partial charge in [-0.1, -0.05) is 85.7 Å². The fourth-order valence-corrected chi connectivity index (χ4v) is 4.64. The highest BCUT2D eigenvalue weighted by molar-refractivity contribution is 8.26. The zero-order valence-corrected chi connectivity index (χ0v) is 19.3. The smallest absolute Gasteiger partial charge is 0.326 e. The molecule has 8 heteroatoms. The number of halogens is 1. The van der Waals surface area contributed by atoms with Gasteiger partial charge in [0, 0.05) is 10.6 Å². The standard InChI is InChI=1S/C23H22ClNO4S2/c1-2-3-8-19(22(27)28)25-21(26)20(31-23(25)30)13-15-9-11-17(12-10-15)29-14-16-6-4-5-7-18(16)24/h4-7,9-13,19H,2-3,8,14H2,1H3,(H,27,28)/b20-13-/t19-/m0/s1. The predicted molar refractivity (Wildman–Crippen MR) is 128 cm³/mol. The number of carboxylic acid groups (broad SMARTS) is 1. The van der Waals surface area contributed by atoms with E-state index in [0.29, 0.717) is 35.1 Å². The summed E-state index contributed by atoms with van der Waals surface area (Å²) >= 11 is 12.6. The Kier molecular flexibility index (Phi) is 8.12. The average Bonchev–Trinajstić information content (AvgIpc) is 3.02. The monoisotopic (exact) mass is 475 g/mol. The van der Waals surface area contributed by atoms with Crippen LogP contribution in [-0.4, -0.2) is 32.2 Å². The molecule has 0 bridgehead atoms. The molecule has 0 radical (unpaired) electrons. The first-order valence-corrected chi connectivity index (χ1v) is 11.5. The molecule has 2 aromatic rings. The van der Waals surface area contributed by atoms with Crippen LogP contribution < -0.4 is 4.74 Å². The molecule has 1 aliphatic heterocycles. The van der Waals surface area contributed by atoms with Gasteiger partial charge in [0.2, 0.25) is 0 Å². The number of unbranched alkanes of at least 4 members (excludes halogenated alkanes) is 1. The van der Waals surface area contributed by atoms with Gasteiger partial charge in [0.1, 0.15) is 22.7 Å². The maximum absolute atomic E-state index is 12.8. The van der Waals surface area contributed by atoms with E-state index >= 15 is 0 Å². The summed E-state index contributed by atoms with van der Waals surface area (Å²) < 4.78 is 6.05. The third kappa shape index (κ3) is 5.87. The van der Waals surface area contributed by atoms with Gasteiger partial charge < -0.3 is 9.84 Å². The van der Waals surface area contributed by atoms with E-state index in [1.807, 2.05) is 55.5 Å². The first-order valence-electron chi connectivity index (χ1n) is 9.87. The number of rotatable bonds is 9. The molecule has 1 heterocycles. The van der Waals surface area contributed by atoms with Crippen molar-refractivity contribution in [1.82, 2.24) is 4.90 Å². The Balaban J connectivity index is 1.69. The molecule has 0 aliphatic carbocycles. The van der Waals surface area contributed by atoms with E-state index in [4.69, 9.17) is 28.6 Å². The Labute approximate surface area is 196 Å². The maximum atomic E-state index is 12.8. The van der Waals surface area contributed by atoms with E-state index in [2.05, 4.69) is 0 Å². The van der Waals surface area contributed by atoms with E-state index < -0.39 is 12.0 Å². The SMILES string of the molecule is CCCC[C@@H](C(=O)O)N1C(=O)/C(=C/c2ccc(OCc3ccccc3Cl)cc2)SC1=S. The number of thiocarbonyl (C=S) groups is 1. The van der Waals surface area contributed by atoms with Crippen LogP contribution in [0.2, 0.25) is 5.02 Å². The molecule has 5 nitrogen and oxygen atoms in total. The van der Waals surface area contributed by atoms with Gasteiger partial charge in [-0.05, 0) is 36.3 Å². The molecule has 0 spiro atoms. The Morgan fingerprint density at radius 3 is 2.61 bits per heavy atom. The van der Waals surface area contributed by atoms with Gasteiger partial charge in [-0.25, -0.2) is 4.79 Å². The Morgan fingerprint density at radius 2 is 1.97 bits per heavy atom. The molecule has 1 saturated heterocycles. The first kappa shape index (κ1) is 23.3. The largest absolute Gasteiger partial charge is 0.489 e. The van der Waals surface area contributed by atoms with Crippen molar-refractivity contribution in [3.8, 4) is 5.75 Å². The molecular weight excluding hydrogens is 454 g/mol. The van der Waals surface area contributed by atoms with Crippen molar-refractivity contribution < 1.29 is 19.4 Å². The predicted octanol–water partition coefficient (Wildman–Crippen LogP) is 5.76. The minimum absolute atomic E-state index is 0.277. The Morgan fingerprint density at radius 1 is 1.26 bits per heavy atom. The Bertz CT molecular complexity index is 1010. The molecule has 0 unspecified atom stereocenters. The zero-order chi connectivity index (χ0) is 22.4. The highest BCUT2D eigenvalue weighted by atomic mass is 35.5. The van der Waals surface area contributed by atoms with Crippen LogP contribution in [0.25, 0.3) is 6.08 Å². The molecule has 1 N–H and O–H groups in total. The second-order valence-corrected chi connectivity index (χ2v) is 9.08. The average molecular weight is 476 g/mol. The van der Waals surface area contributed by atoms with Crippen LogP contribution in [0.4, 0.5) is 0 Å². The van der Waals surface area contributed by atoms with E-state index in [9.17, 15) is 14.7 Å². The van der Waals surface area contributed by atoms with Gasteiger partial charge in [0.25, 0.3) is 5.91 Å². The molecule has 1 amide bonds. The molecule has 3 rings (SSSR count). The number of carbonyl (C=O) groups is 2. The van der Waals surface area contributed by atoms with Crippen LogP contribution in [0.1, 0.15) is 37.3 Å². The summed E-state index contributed by atoms with van der Waals surface area (Å²) in [5.41, 5.74) is 1.69. The summed E-state index contributed by atoms with van der Waals surface area (Å²) in [7, 11) is 0. The minimum atomic E-state index is -1.04. The first-order chi connectivity index (χ1) is 14.9. The number of hydrogen-bond acceptors (Lipinski definition) is 5. The molecule has 0 saturated carbocycles. The van der Waals surface area contributed by atoms with Crippen LogP contribution in [0, 0.1) is 0 Å². The molecule has 0 aromatic heterocycles. The van der Waals surface area contributed by atoms with E-state index in [1.54, 1.807) is 6.08 Å². The van der Waals surface area contributed by atoms with Crippen LogP contribution in [0.5, 0.6) is 5.75 Å². The number of thioether (sulfide) groups is 1. The number of amides is 1. The van der Waals surface area contributed by atoms with Gasteiger partial charge >= 0.3 is 5.97 Å². The minimum Gasteiger partial charge on any atom is -0.489 e. The molecule has 162 valence electrons. The molecular formula is C23H22ClNO4S2. The highest BCUT2D eigenvalue weighted by Crippen LogP contribution is 2.35. The van der Waals surface area contributed by atoms with Gasteiger partial charge in [-0.3, -0.25) is 9.69 Å². The fraction of sp³-hybridized carbons (Fsp3) is 0.261. The van der Waals surface area contributed by atoms with Crippen molar-refractivity contribution in [3.05, 3.63) is 69.6 Å². The number of carboxylic acids is 1. The number of aliphatic carboxylic acids is 1. The van der Waals surface area contributed by atoms with E-state index in [-0.39, 0.29) is 10.2 Å². The number of benzene rings is 2. The van der Waals surface area contributed by atoms with Crippen molar-refractivity contribution in [2.24, 2.45) is 0 Å². The van der Waals surface area contributed by atoms with Crippen LogP contribution in [-0.2, 0) is 16.2 Å². The summed E-state index contributed by atoms with van der Waals surface area (Å²) in [6, 6.07) is 13.8. The van der Waals surface area contributed by atoms with Crippen molar-refractivity contribution in [2.75, 3.05) is 0 Å². The lowest BCUT2D eigenvalue weighted by molar-refractivity contribution is -0.145. The third-order valence-electron chi connectivity index (χ3n) is 4.78. The summed E-state index contributed by atoms with van der Waals surface area (Å²) in [5, 5.41) is 10.2. The zero-order valence-electron chi connectivity index (χ0n) is 16.9. The normalized spacial score (nSPS) is 16.1. The molecule has 2 aromatic carbocycles. The van der Waals surface area contributed by atoms with E-state index in [0.717, 1.165) is 29.3 Å². The summed E-state index contributed by atoms with van der Waals surface area (Å²) in [6.07, 6.45) is 3.65. The maximum Gasteiger partial charge on any atom is 0.326 e. The topological polar surface area (TPSA) is 66.8 Å². The lowest BCUT2D eigenvalue weighted by atomic mass is 10.1. The third-order valence-corrected chi connectivity index (χ3v) is 6.48. The molecule has 31 heavy (non-hydrogen) atoms. The number of hydrogen-bond donors (Lipinski definition) is 1. The molecule has 1 fully saturated rings. The van der Waals surface area contributed by atoms with Crippen LogP contribution >= 0.6 is 35.6 Å². The van der Waals surface area contributed by atoms with Crippen LogP contribution in [0.3, 0.4) is 0 Å². The number of carbonyl (C=O) groups excluding carboxylic acids is 1. The lowest BCUT2D eigenvalue weighted by Gasteiger charge is -2.22. The summed E-state index contributed by atoms with van der Waals surface area (Å²) in [4.78, 5) is 26.1. The van der Waals surface area contributed by atoms with Gasteiger partial charge in [0.05, 0.1) is 4.91 Å². The van der Waals surface area contributed by atoms with Crippen LogP contribution in [0.15, 0.2) is 53.4 Å². The highest BCUT2D eigenvalue weighted by Gasteiger charge is 2.40. The summed E-state index contributed by atoms with van der Waals surface area (Å²) in [5.74, 6) is -0.723. The second kappa shape index (κ2) is 10.8. The van der Waals surface area contributed by atoms with Crippen molar-refractivity contribution >= 4 is 57.9 Å². The van der Waals surface area contributed by atoms with Gasteiger partial charge in [-0.2, -0.15) is 0 Å². The Hall–Kier alpha value is -2.35. The van der Waals surface area contributed by atoms with Crippen molar-refractivity contribution in [1.29, 1.82) is 0 Å². The fourth-order valence-electron chi connectivity index (χ4n) is 3.10.